The molecule has 10 nitrogen and oxygen atoms in total. The molecule has 1 atom stereocenters. The maximum Gasteiger partial charge on any atom is 0.433 e. The Bertz CT molecular complexity index is 1130. The number of allylic oxidation sites excluding steroid dienone is 2. The third-order valence-corrected chi connectivity index (χ3v) is 4.83. The largest absolute Gasteiger partial charge is 0.433 e. The fraction of sp³-hybridized carbons (Fsp3) is 0.353. The third-order valence-electron chi connectivity index (χ3n) is 4.83. The average Bonchev–Trinajstić information content (AvgIpc) is 3.01. The van der Waals surface area contributed by atoms with E-state index in [-0.39, 0.29) is 34.8 Å². The minimum Gasteiger partial charge on any atom is -0.405 e. The average molecular weight is 372 g/mol. The first-order valence-electron chi connectivity index (χ1n) is 8.30. The molecule has 0 aromatic carbocycles. The van der Waals surface area contributed by atoms with Crippen molar-refractivity contribution in [1.82, 2.24) is 9.97 Å². The molecule has 1 aliphatic carbocycles. The molecule has 1 aliphatic heterocycles. The van der Waals surface area contributed by atoms with Gasteiger partial charge in [0.05, 0.1) is 17.5 Å². The molecule has 27 heavy (non-hydrogen) atoms. The number of fused-ring (bicyclic) bond motifs is 1. The number of carbonyl (C=O) groups is 1. The number of aromatic amines is 2. The van der Waals surface area contributed by atoms with Gasteiger partial charge >= 0.3 is 11.6 Å². The molecular formula is C17H16N4O6. The van der Waals surface area contributed by atoms with E-state index in [0.717, 1.165) is 0 Å². The highest BCUT2D eigenvalue weighted by atomic mass is 16.6. The van der Waals surface area contributed by atoms with Gasteiger partial charge in [0.15, 0.2) is 5.78 Å². The molecule has 0 saturated carbocycles. The van der Waals surface area contributed by atoms with Crippen LogP contribution in [0.3, 0.4) is 0 Å². The number of ketones is 1. The lowest BCUT2D eigenvalue weighted by molar-refractivity contribution is -0.402. The van der Waals surface area contributed by atoms with Crippen LogP contribution in [0.1, 0.15) is 43.9 Å². The molecular weight excluding hydrogens is 356 g/mol. The number of hydrogen-bond acceptors (Lipinski definition) is 7. The van der Waals surface area contributed by atoms with Crippen LogP contribution in [0.2, 0.25) is 0 Å². The van der Waals surface area contributed by atoms with Crippen molar-refractivity contribution in [3.8, 4) is 0 Å². The molecule has 3 N–H and O–H groups in total. The van der Waals surface area contributed by atoms with Crippen molar-refractivity contribution in [2.24, 2.45) is 5.41 Å². The number of carbonyl (C=O) groups excluding carboxylic acids is 1. The third kappa shape index (κ3) is 2.69. The number of nitrogens with zero attached hydrogens (tertiary/aromatic N) is 1. The minimum absolute atomic E-state index is 0.0886. The summed E-state index contributed by atoms with van der Waals surface area (Å²) in [6, 6.07) is 2.55. The second kappa shape index (κ2) is 5.53. The SMILES string of the molecule is CC1(C)CC(=O)C2=C(C1)Nc1[nH]c(=O)[nH]c(=O)c1[C@H]2c1ccc([N+](=O)[O-])o1. The number of nitro groups is 1. The molecule has 10 heteroatoms. The van der Waals surface area contributed by atoms with Gasteiger partial charge in [0.25, 0.3) is 5.56 Å². The topological polar surface area (TPSA) is 151 Å². The predicted octanol–water partition coefficient (Wildman–Crippen LogP) is 1.77. The molecule has 3 heterocycles. The fourth-order valence-electron chi connectivity index (χ4n) is 3.83. The number of nitrogens with one attached hydrogen (secondary N) is 3. The Morgan fingerprint density at radius 1 is 1.19 bits per heavy atom. The second-order valence-electron chi connectivity index (χ2n) is 7.52. The highest BCUT2D eigenvalue weighted by Crippen LogP contribution is 2.47. The van der Waals surface area contributed by atoms with E-state index in [1.807, 2.05) is 13.8 Å². The standard InChI is InChI=1S/C17H16N4O6/c1-17(2)5-7-11(8(22)6-17)12(9-3-4-10(27-9)21(25)26)13-14(18-7)19-16(24)20-15(13)23/h3-4,12H,5-6H2,1-2H3,(H3,18,19,20,23,24)/t12-/m0/s1. The van der Waals surface area contributed by atoms with Crippen molar-refractivity contribution in [3.05, 3.63) is 65.7 Å². The van der Waals surface area contributed by atoms with Gasteiger partial charge in [-0.2, -0.15) is 0 Å². The quantitative estimate of drug-likeness (QED) is 0.536. The van der Waals surface area contributed by atoms with Crippen molar-refractivity contribution in [2.75, 3.05) is 5.32 Å². The van der Waals surface area contributed by atoms with E-state index in [1.165, 1.54) is 12.1 Å². The number of Topliss-reactive ketones (excluding diaryl/α,β-unsaturated/α-hetero) is 1. The zero-order valence-corrected chi connectivity index (χ0v) is 14.5. The van der Waals surface area contributed by atoms with E-state index in [0.29, 0.717) is 17.7 Å². The van der Waals surface area contributed by atoms with E-state index in [4.69, 9.17) is 4.42 Å². The number of H-pyrrole nitrogens is 2. The first-order chi connectivity index (χ1) is 12.7. The van der Waals surface area contributed by atoms with Gasteiger partial charge in [-0.3, -0.25) is 29.7 Å². The van der Waals surface area contributed by atoms with Gasteiger partial charge in [-0.05, 0) is 17.9 Å². The Morgan fingerprint density at radius 3 is 2.59 bits per heavy atom. The van der Waals surface area contributed by atoms with Crippen LogP contribution in [0.25, 0.3) is 0 Å². The Labute approximate surface area is 151 Å². The maximum absolute atomic E-state index is 12.9. The van der Waals surface area contributed by atoms with E-state index < -0.39 is 28.0 Å². The van der Waals surface area contributed by atoms with Crippen LogP contribution in [0.4, 0.5) is 11.7 Å². The van der Waals surface area contributed by atoms with E-state index in [9.17, 15) is 24.5 Å². The molecule has 2 aliphatic rings. The Morgan fingerprint density at radius 2 is 1.93 bits per heavy atom. The number of anilines is 1. The van der Waals surface area contributed by atoms with Gasteiger partial charge < -0.3 is 9.73 Å². The zero-order chi connectivity index (χ0) is 19.5. The first-order valence-corrected chi connectivity index (χ1v) is 8.30. The van der Waals surface area contributed by atoms with E-state index >= 15 is 0 Å². The van der Waals surface area contributed by atoms with Crippen LogP contribution in [0.5, 0.6) is 0 Å². The smallest absolute Gasteiger partial charge is 0.405 e. The van der Waals surface area contributed by atoms with E-state index in [2.05, 4.69) is 15.3 Å². The summed E-state index contributed by atoms with van der Waals surface area (Å²) in [5, 5.41) is 14.0. The summed E-state index contributed by atoms with van der Waals surface area (Å²) in [4.78, 5) is 52.1. The van der Waals surface area contributed by atoms with Gasteiger partial charge in [0.1, 0.15) is 16.5 Å². The maximum atomic E-state index is 12.9. The molecule has 2 aromatic rings. The van der Waals surface area contributed by atoms with Gasteiger partial charge in [0.2, 0.25) is 0 Å². The highest BCUT2D eigenvalue weighted by molar-refractivity contribution is 6.01. The van der Waals surface area contributed by atoms with Crippen LogP contribution in [0, 0.1) is 15.5 Å². The van der Waals surface area contributed by atoms with Crippen molar-refractivity contribution in [2.45, 2.75) is 32.6 Å². The minimum atomic E-state index is -0.936. The van der Waals surface area contributed by atoms with Crippen molar-refractivity contribution >= 4 is 17.5 Å². The summed E-state index contributed by atoms with van der Waals surface area (Å²) in [5.41, 5.74) is -0.680. The normalized spacial score (nSPS) is 20.7. The van der Waals surface area contributed by atoms with Crippen molar-refractivity contribution < 1.29 is 14.1 Å². The fourth-order valence-corrected chi connectivity index (χ4v) is 3.83. The van der Waals surface area contributed by atoms with Crippen LogP contribution in [-0.4, -0.2) is 20.7 Å². The van der Waals surface area contributed by atoms with Gasteiger partial charge in [-0.1, -0.05) is 13.8 Å². The number of furan rings is 1. The van der Waals surface area contributed by atoms with Crippen LogP contribution in [0.15, 0.2) is 37.4 Å². The zero-order valence-electron chi connectivity index (χ0n) is 14.5. The van der Waals surface area contributed by atoms with Gasteiger partial charge in [0, 0.05) is 17.7 Å². The number of rotatable bonds is 2. The molecule has 0 radical (unpaired) electrons. The molecule has 0 saturated heterocycles. The molecule has 0 unspecified atom stereocenters. The molecule has 0 spiro atoms. The summed E-state index contributed by atoms with van der Waals surface area (Å²) < 4.78 is 5.32. The van der Waals surface area contributed by atoms with Crippen LogP contribution < -0.4 is 16.6 Å². The summed E-state index contributed by atoms with van der Waals surface area (Å²) in [6.07, 6.45) is 0.783. The molecule has 2 aromatic heterocycles. The Kier molecular flexibility index (Phi) is 3.48. The molecule has 4 rings (SSSR count). The van der Waals surface area contributed by atoms with Gasteiger partial charge in [-0.25, -0.2) is 4.79 Å². The lowest BCUT2D eigenvalue weighted by atomic mass is 9.70. The van der Waals surface area contributed by atoms with Crippen molar-refractivity contribution in [1.29, 1.82) is 0 Å². The van der Waals surface area contributed by atoms with E-state index in [1.54, 1.807) is 0 Å². The Balaban J connectivity index is 1.99. The first kappa shape index (κ1) is 17.0. The molecule has 0 bridgehead atoms. The molecule has 140 valence electrons. The summed E-state index contributed by atoms with van der Waals surface area (Å²) in [7, 11) is 0. The monoisotopic (exact) mass is 372 g/mol. The molecule has 0 amide bonds. The molecule has 0 fully saturated rings. The van der Waals surface area contributed by atoms with Gasteiger partial charge in [-0.15, -0.1) is 0 Å². The summed E-state index contributed by atoms with van der Waals surface area (Å²) in [5.74, 6) is -1.33. The lowest BCUT2D eigenvalue weighted by Gasteiger charge is -2.37. The number of hydrogen-bond donors (Lipinski definition) is 3. The second-order valence-corrected chi connectivity index (χ2v) is 7.52. The summed E-state index contributed by atoms with van der Waals surface area (Å²) in [6.45, 7) is 3.89. The van der Waals surface area contributed by atoms with Crippen molar-refractivity contribution in [3.63, 3.8) is 0 Å². The van der Waals surface area contributed by atoms with Crippen LogP contribution >= 0.6 is 0 Å². The predicted molar refractivity (Wildman–Crippen MR) is 93.6 cm³/mol. The summed E-state index contributed by atoms with van der Waals surface area (Å²) >= 11 is 0. The van der Waals surface area contributed by atoms with Crippen LogP contribution in [-0.2, 0) is 4.79 Å². The number of aromatic nitrogens is 2. The highest BCUT2D eigenvalue weighted by Gasteiger charge is 2.43. The lowest BCUT2D eigenvalue weighted by Crippen LogP contribution is -2.38. The Hall–Kier alpha value is -3.43.